The SMILES string of the molecule is COc1ccc(NC(=O)NC(C)(C(=O)O)C2CC2)cc1Br. The molecule has 0 heterocycles. The monoisotopic (exact) mass is 356 g/mol. The van der Waals surface area contributed by atoms with E-state index in [1.54, 1.807) is 25.3 Å². The summed E-state index contributed by atoms with van der Waals surface area (Å²) in [5.41, 5.74) is -0.683. The number of anilines is 1. The van der Waals surface area contributed by atoms with E-state index < -0.39 is 17.5 Å². The Morgan fingerprint density at radius 1 is 1.43 bits per heavy atom. The standard InChI is InChI=1S/C14H17BrN2O4/c1-14(12(18)19,8-3-4-8)17-13(20)16-9-5-6-11(21-2)10(15)7-9/h5-8H,3-4H2,1-2H3,(H,18,19)(H2,16,17,20). The number of benzene rings is 1. The predicted octanol–water partition coefficient (Wildman–Crippen LogP) is 2.83. The summed E-state index contributed by atoms with van der Waals surface area (Å²) >= 11 is 3.32. The molecule has 1 aliphatic rings. The summed E-state index contributed by atoms with van der Waals surface area (Å²) in [5, 5.41) is 14.5. The van der Waals surface area contributed by atoms with Gasteiger partial charge in [0, 0.05) is 5.69 Å². The van der Waals surface area contributed by atoms with Gasteiger partial charge < -0.3 is 20.5 Å². The second-order valence-corrected chi connectivity index (χ2v) is 6.06. The van der Waals surface area contributed by atoms with E-state index in [4.69, 9.17) is 4.74 Å². The maximum Gasteiger partial charge on any atom is 0.329 e. The maximum absolute atomic E-state index is 12.0. The van der Waals surface area contributed by atoms with Crippen LogP contribution in [0.1, 0.15) is 19.8 Å². The van der Waals surface area contributed by atoms with Crippen molar-refractivity contribution in [3.05, 3.63) is 22.7 Å². The van der Waals surface area contributed by atoms with Gasteiger partial charge in [0.2, 0.25) is 0 Å². The number of carboxylic acids is 1. The van der Waals surface area contributed by atoms with Gasteiger partial charge in [-0.05, 0) is 59.8 Å². The van der Waals surface area contributed by atoms with Crippen LogP contribution >= 0.6 is 15.9 Å². The van der Waals surface area contributed by atoms with E-state index in [9.17, 15) is 14.7 Å². The normalized spacial score (nSPS) is 16.7. The molecule has 1 aliphatic carbocycles. The fraction of sp³-hybridized carbons (Fsp3) is 0.429. The third-order valence-electron chi connectivity index (χ3n) is 3.62. The third-order valence-corrected chi connectivity index (χ3v) is 4.24. The van der Waals surface area contributed by atoms with Crippen molar-refractivity contribution in [1.82, 2.24) is 5.32 Å². The van der Waals surface area contributed by atoms with Crippen LogP contribution in [0.5, 0.6) is 5.75 Å². The molecule has 0 aliphatic heterocycles. The van der Waals surface area contributed by atoms with Crippen molar-refractivity contribution in [1.29, 1.82) is 0 Å². The lowest BCUT2D eigenvalue weighted by Gasteiger charge is -2.26. The summed E-state index contributed by atoms with van der Waals surface area (Å²) in [6.07, 6.45) is 1.63. The Bertz CT molecular complexity index is 574. The molecule has 0 spiro atoms. The molecule has 1 unspecified atom stereocenters. The van der Waals surface area contributed by atoms with Crippen LogP contribution in [0.4, 0.5) is 10.5 Å². The van der Waals surface area contributed by atoms with E-state index in [1.165, 1.54) is 6.92 Å². The molecule has 0 radical (unpaired) electrons. The number of carbonyl (C=O) groups is 2. The Hall–Kier alpha value is -1.76. The highest BCUT2D eigenvalue weighted by atomic mass is 79.9. The van der Waals surface area contributed by atoms with Gasteiger partial charge in [-0.15, -0.1) is 0 Å². The maximum atomic E-state index is 12.0. The number of carbonyl (C=O) groups excluding carboxylic acids is 1. The number of amides is 2. The average molecular weight is 357 g/mol. The third kappa shape index (κ3) is 3.47. The van der Waals surface area contributed by atoms with Crippen molar-refractivity contribution in [2.75, 3.05) is 12.4 Å². The molecule has 1 saturated carbocycles. The Morgan fingerprint density at radius 3 is 2.57 bits per heavy atom. The minimum absolute atomic E-state index is 0.0108. The fourth-order valence-electron chi connectivity index (χ4n) is 2.13. The van der Waals surface area contributed by atoms with Crippen molar-refractivity contribution >= 4 is 33.6 Å². The summed E-state index contributed by atoms with van der Waals surface area (Å²) < 4.78 is 5.80. The molecule has 114 valence electrons. The van der Waals surface area contributed by atoms with Gasteiger partial charge in [0.25, 0.3) is 0 Å². The first-order chi connectivity index (χ1) is 9.86. The van der Waals surface area contributed by atoms with Gasteiger partial charge in [-0.25, -0.2) is 9.59 Å². The van der Waals surface area contributed by atoms with Crippen LogP contribution in [0.3, 0.4) is 0 Å². The molecule has 7 heteroatoms. The number of hydrogen-bond acceptors (Lipinski definition) is 3. The van der Waals surface area contributed by atoms with Gasteiger partial charge in [-0.2, -0.15) is 0 Å². The van der Waals surface area contributed by atoms with Crippen LogP contribution in [0.2, 0.25) is 0 Å². The van der Waals surface area contributed by atoms with E-state index in [1.807, 2.05) is 0 Å². The van der Waals surface area contributed by atoms with Crippen molar-refractivity contribution in [3.8, 4) is 5.75 Å². The lowest BCUT2D eigenvalue weighted by molar-refractivity contribution is -0.144. The summed E-state index contributed by atoms with van der Waals surface area (Å²) in [4.78, 5) is 23.4. The highest BCUT2D eigenvalue weighted by molar-refractivity contribution is 9.10. The minimum atomic E-state index is -1.23. The lowest BCUT2D eigenvalue weighted by atomic mass is 9.96. The molecule has 21 heavy (non-hydrogen) atoms. The summed E-state index contributed by atoms with van der Waals surface area (Å²) in [7, 11) is 1.55. The number of halogens is 1. The number of hydrogen-bond donors (Lipinski definition) is 3. The van der Waals surface area contributed by atoms with E-state index >= 15 is 0 Å². The summed E-state index contributed by atoms with van der Waals surface area (Å²) in [6, 6.07) is 4.53. The molecular formula is C14H17BrN2O4. The van der Waals surface area contributed by atoms with Crippen LogP contribution < -0.4 is 15.4 Å². The quantitative estimate of drug-likeness (QED) is 0.756. The molecule has 6 nitrogen and oxygen atoms in total. The highest BCUT2D eigenvalue weighted by Crippen LogP contribution is 2.39. The van der Waals surface area contributed by atoms with Gasteiger partial charge >= 0.3 is 12.0 Å². The first kappa shape index (κ1) is 15.6. The number of methoxy groups -OCH3 is 1. The van der Waals surface area contributed by atoms with Crippen LogP contribution in [0.15, 0.2) is 22.7 Å². The number of nitrogens with one attached hydrogen (secondary N) is 2. The van der Waals surface area contributed by atoms with Gasteiger partial charge in [0.1, 0.15) is 11.3 Å². The second-order valence-electron chi connectivity index (χ2n) is 5.21. The van der Waals surface area contributed by atoms with Crippen LogP contribution in [-0.2, 0) is 4.79 Å². The topological polar surface area (TPSA) is 87.7 Å². The molecule has 2 amide bonds. The Morgan fingerprint density at radius 2 is 2.10 bits per heavy atom. The number of ether oxygens (including phenoxy) is 1. The zero-order valence-electron chi connectivity index (χ0n) is 11.8. The number of carboxylic acid groups (broad SMARTS) is 1. The lowest BCUT2D eigenvalue weighted by Crippen LogP contribution is -2.55. The first-order valence-corrected chi connectivity index (χ1v) is 7.32. The number of urea groups is 1. The van der Waals surface area contributed by atoms with Crippen molar-refractivity contribution in [2.45, 2.75) is 25.3 Å². The van der Waals surface area contributed by atoms with Gasteiger partial charge in [-0.1, -0.05) is 0 Å². The zero-order valence-corrected chi connectivity index (χ0v) is 13.4. The molecule has 0 bridgehead atoms. The van der Waals surface area contributed by atoms with Crippen LogP contribution in [-0.4, -0.2) is 29.8 Å². The van der Waals surface area contributed by atoms with Gasteiger partial charge in [-0.3, -0.25) is 0 Å². The largest absolute Gasteiger partial charge is 0.496 e. The Balaban J connectivity index is 2.04. The molecule has 1 fully saturated rings. The predicted molar refractivity (Wildman–Crippen MR) is 81.6 cm³/mol. The van der Waals surface area contributed by atoms with Crippen molar-refractivity contribution in [3.63, 3.8) is 0 Å². The number of aliphatic carboxylic acids is 1. The summed E-state index contributed by atoms with van der Waals surface area (Å²) in [6.45, 7) is 1.54. The number of rotatable bonds is 5. The van der Waals surface area contributed by atoms with Crippen LogP contribution in [0.25, 0.3) is 0 Å². The molecule has 1 atom stereocenters. The van der Waals surface area contributed by atoms with Gasteiger partial charge in [0.05, 0.1) is 11.6 Å². The molecule has 1 aromatic carbocycles. The molecule has 2 rings (SSSR count). The highest BCUT2D eigenvalue weighted by Gasteiger charge is 2.48. The van der Waals surface area contributed by atoms with E-state index in [0.717, 1.165) is 12.8 Å². The Labute approximate surface area is 131 Å². The minimum Gasteiger partial charge on any atom is -0.496 e. The fourth-order valence-corrected chi connectivity index (χ4v) is 2.67. The molecule has 0 saturated heterocycles. The molecule has 1 aromatic rings. The van der Waals surface area contributed by atoms with E-state index in [0.29, 0.717) is 15.9 Å². The molecular weight excluding hydrogens is 340 g/mol. The molecule has 3 N–H and O–H groups in total. The first-order valence-electron chi connectivity index (χ1n) is 6.53. The summed E-state index contributed by atoms with van der Waals surface area (Å²) in [5.74, 6) is -0.381. The smallest absolute Gasteiger partial charge is 0.329 e. The molecule has 0 aromatic heterocycles. The second kappa shape index (κ2) is 5.93. The van der Waals surface area contributed by atoms with Gasteiger partial charge in [0.15, 0.2) is 0 Å². The van der Waals surface area contributed by atoms with Crippen LogP contribution in [0, 0.1) is 5.92 Å². The van der Waals surface area contributed by atoms with E-state index in [-0.39, 0.29) is 5.92 Å². The van der Waals surface area contributed by atoms with Crippen molar-refractivity contribution < 1.29 is 19.4 Å². The Kier molecular flexibility index (Phi) is 4.41. The average Bonchev–Trinajstić information content (AvgIpc) is 3.22. The van der Waals surface area contributed by atoms with Crippen molar-refractivity contribution in [2.24, 2.45) is 5.92 Å². The van der Waals surface area contributed by atoms with E-state index in [2.05, 4.69) is 26.6 Å². The zero-order chi connectivity index (χ0) is 15.6.